The molecular formula is C10H14N6O. The molecule has 0 aliphatic carbocycles. The van der Waals surface area contributed by atoms with Crippen molar-refractivity contribution in [2.75, 3.05) is 7.11 Å². The Bertz CT molecular complexity index is 497. The Hall–Kier alpha value is -1.99. The van der Waals surface area contributed by atoms with Gasteiger partial charge in [0.2, 0.25) is 5.88 Å². The lowest BCUT2D eigenvalue weighted by molar-refractivity contribution is 0.383. The molecule has 0 saturated carbocycles. The number of nitrogens with one attached hydrogen (secondary N) is 1. The van der Waals surface area contributed by atoms with Gasteiger partial charge in [0.1, 0.15) is 5.69 Å². The van der Waals surface area contributed by atoms with E-state index in [9.17, 15) is 0 Å². The van der Waals surface area contributed by atoms with Crippen LogP contribution in [0.15, 0.2) is 24.8 Å². The summed E-state index contributed by atoms with van der Waals surface area (Å²) in [5.41, 5.74) is 4.21. The van der Waals surface area contributed by atoms with E-state index in [0.29, 0.717) is 11.6 Å². The van der Waals surface area contributed by atoms with Gasteiger partial charge in [-0.15, -0.1) is 0 Å². The maximum Gasteiger partial charge on any atom is 0.237 e. The van der Waals surface area contributed by atoms with Crippen LogP contribution in [0.2, 0.25) is 0 Å². The summed E-state index contributed by atoms with van der Waals surface area (Å²) in [6.45, 7) is 0. The first-order valence-corrected chi connectivity index (χ1v) is 5.05. The van der Waals surface area contributed by atoms with Crippen LogP contribution in [0.1, 0.15) is 17.3 Å². The minimum absolute atomic E-state index is 0.299. The number of rotatable bonds is 4. The van der Waals surface area contributed by atoms with Crippen LogP contribution in [0.25, 0.3) is 0 Å². The number of aryl methyl sites for hydroxylation is 1. The van der Waals surface area contributed by atoms with Crippen LogP contribution >= 0.6 is 0 Å². The van der Waals surface area contributed by atoms with Gasteiger partial charge in [0.05, 0.1) is 19.3 Å². The van der Waals surface area contributed by atoms with Crippen LogP contribution < -0.4 is 16.0 Å². The standard InChI is InChI=1S/C10H14N6O/c1-16-6-7(5-14-16)8(15-11)9-10(17-2)13-4-3-12-9/h3-6,8,15H,11H2,1-2H3. The highest BCUT2D eigenvalue weighted by Gasteiger charge is 2.20. The first kappa shape index (κ1) is 11.5. The first-order valence-electron chi connectivity index (χ1n) is 5.05. The molecule has 7 heteroatoms. The lowest BCUT2D eigenvalue weighted by Crippen LogP contribution is -2.29. The van der Waals surface area contributed by atoms with E-state index in [1.807, 2.05) is 13.2 Å². The Labute approximate surface area is 98.6 Å². The van der Waals surface area contributed by atoms with Gasteiger partial charge in [-0.3, -0.25) is 15.5 Å². The summed E-state index contributed by atoms with van der Waals surface area (Å²) in [4.78, 5) is 8.33. The van der Waals surface area contributed by atoms with E-state index in [4.69, 9.17) is 10.6 Å². The van der Waals surface area contributed by atoms with Crippen LogP contribution in [0.5, 0.6) is 5.88 Å². The van der Waals surface area contributed by atoms with Crippen molar-refractivity contribution in [1.29, 1.82) is 0 Å². The van der Waals surface area contributed by atoms with Crippen LogP contribution in [-0.4, -0.2) is 26.9 Å². The molecule has 0 aliphatic rings. The Morgan fingerprint density at radius 2 is 2.18 bits per heavy atom. The summed E-state index contributed by atoms with van der Waals surface area (Å²) in [7, 11) is 3.38. The number of nitrogens with two attached hydrogens (primary N) is 1. The molecule has 7 nitrogen and oxygen atoms in total. The van der Waals surface area contributed by atoms with Crippen LogP contribution in [0, 0.1) is 0 Å². The van der Waals surface area contributed by atoms with Crippen LogP contribution in [-0.2, 0) is 7.05 Å². The molecule has 1 unspecified atom stereocenters. The van der Waals surface area contributed by atoms with Crippen LogP contribution in [0.3, 0.4) is 0 Å². The topological polar surface area (TPSA) is 90.9 Å². The maximum atomic E-state index is 5.56. The van der Waals surface area contributed by atoms with Crippen molar-refractivity contribution in [3.05, 3.63) is 36.0 Å². The number of hydrazine groups is 1. The molecule has 90 valence electrons. The molecule has 1 atom stereocenters. The van der Waals surface area contributed by atoms with E-state index < -0.39 is 0 Å². The Morgan fingerprint density at radius 3 is 2.76 bits per heavy atom. The lowest BCUT2D eigenvalue weighted by Gasteiger charge is -2.15. The molecule has 0 fully saturated rings. The monoisotopic (exact) mass is 234 g/mol. The van der Waals surface area contributed by atoms with Gasteiger partial charge < -0.3 is 4.74 Å². The van der Waals surface area contributed by atoms with Crippen molar-refractivity contribution in [2.24, 2.45) is 12.9 Å². The zero-order chi connectivity index (χ0) is 12.3. The third kappa shape index (κ3) is 2.24. The normalized spacial score (nSPS) is 12.4. The van der Waals surface area contributed by atoms with Crippen molar-refractivity contribution in [3.63, 3.8) is 0 Å². The van der Waals surface area contributed by atoms with Gasteiger partial charge >= 0.3 is 0 Å². The van der Waals surface area contributed by atoms with Crippen molar-refractivity contribution < 1.29 is 4.74 Å². The smallest absolute Gasteiger partial charge is 0.237 e. The van der Waals surface area contributed by atoms with E-state index in [-0.39, 0.29) is 6.04 Å². The summed E-state index contributed by atoms with van der Waals surface area (Å²) in [5, 5.41) is 4.10. The summed E-state index contributed by atoms with van der Waals surface area (Å²) in [5.74, 6) is 6.00. The third-order valence-corrected chi connectivity index (χ3v) is 2.38. The van der Waals surface area contributed by atoms with E-state index in [0.717, 1.165) is 5.56 Å². The molecule has 2 rings (SSSR count). The number of aromatic nitrogens is 4. The fourth-order valence-corrected chi connectivity index (χ4v) is 1.61. The molecule has 2 aromatic rings. The fourth-order valence-electron chi connectivity index (χ4n) is 1.61. The summed E-state index contributed by atoms with van der Waals surface area (Å²) in [6, 6.07) is -0.299. The Balaban J connectivity index is 2.41. The molecule has 0 saturated heterocycles. The lowest BCUT2D eigenvalue weighted by atomic mass is 10.1. The highest BCUT2D eigenvalue weighted by atomic mass is 16.5. The number of hydrogen-bond acceptors (Lipinski definition) is 6. The van der Waals surface area contributed by atoms with E-state index in [1.54, 1.807) is 30.4 Å². The van der Waals surface area contributed by atoms with Gasteiger partial charge in [-0.1, -0.05) is 0 Å². The molecule has 0 spiro atoms. The SMILES string of the molecule is COc1nccnc1C(NN)c1cnn(C)c1. The highest BCUT2D eigenvalue weighted by molar-refractivity contribution is 5.30. The number of hydrogen-bond donors (Lipinski definition) is 2. The van der Waals surface area contributed by atoms with Crippen LogP contribution in [0.4, 0.5) is 0 Å². The molecular weight excluding hydrogens is 220 g/mol. The minimum Gasteiger partial charge on any atom is -0.480 e. The Kier molecular flexibility index (Phi) is 3.31. The quantitative estimate of drug-likeness (QED) is 0.561. The average Bonchev–Trinajstić information content (AvgIpc) is 2.77. The first-order chi connectivity index (χ1) is 8.26. The van der Waals surface area contributed by atoms with Gasteiger partial charge in [0.25, 0.3) is 0 Å². The molecule has 0 radical (unpaired) electrons. The zero-order valence-electron chi connectivity index (χ0n) is 9.66. The second kappa shape index (κ2) is 4.89. The molecule has 0 aromatic carbocycles. The summed E-state index contributed by atoms with van der Waals surface area (Å²) >= 11 is 0. The van der Waals surface area contributed by atoms with E-state index in [1.165, 1.54) is 0 Å². The molecule has 0 bridgehead atoms. The van der Waals surface area contributed by atoms with E-state index >= 15 is 0 Å². The molecule has 0 amide bonds. The minimum atomic E-state index is -0.299. The predicted molar refractivity (Wildman–Crippen MR) is 61.0 cm³/mol. The van der Waals surface area contributed by atoms with Crippen molar-refractivity contribution in [2.45, 2.75) is 6.04 Å². The second-order valence-corrected chi connectivity index (χ2v) is 3.50. The van der Waals surface area contributed by atoms with E-state index in [2.05, 4.69) is 20.5 Å². The van der Waals surface area contributed by atoms with Crippen molar-refractivity contribution in [1.82, 2.24) is 25.2 Å². The summed E-state index contributed by atoms with van der Waals surface area (Å²) in [6.07, 6.45) is 6.75. The predicted octanol–water partition coefficient (Wildman–Crippen LogP) is -0.229. The fraction of sp³-hybridized carbons (Fsp3) is 0.300. The maximum absolute atomic E-state index is 5.56. The average molecular weight is 234 g/mol. The van der Waals surface area contributed by atoms with Gasteiger partial charge in [-0.2, -0.15) is 5.10 Å². The molecule has 2 heterocycles. The Morgan fingerprint density at radius 1 is 1.41 bits per heavy atom. The third-order valence-electron chi connectivity index (χ3n) is 2.38. The van der Waals surface area contributed by atoms with Gasteiger partial charge in [0.15, 0.2) is 0 Å². The number of ether oxygens (including phenoxy) is 1. The summed E-state index contributed by atoms with van der Waals surface area (Å²) < 4.78 is 6.86. The van der Waals surface area contributed by atoms with Gasteiger partial charge in [-0.25, -0.2) is 10.4 Å². The largest absolute Gasteiger partial charge is 0.480 e. The number of nitrogens with zero attached hydrogens (tertiary/aromatic N) is 4. The van der Waals surface area contributed by atoms with Gasteiger partial charge in [0, 0.05) is 31.2 Å². The molecule has 0 aliphatic heterocycles. The molecule has 17 heavy (non-hydrogen) atoms. The van der Waals surface area contributed by atoms with Crippen molar-refractivity contribution in [3.8, 4) is 5.88 Å². The molecule has 3 N–H and O–H groups in total. The van der Waals surface area contributed by atoms with Crippen molar-refractivity contribution >= 4 is 0 Å². The second-order valence-electron chi connectivity index (χ2n) is 3.50. The van der Waals surface area contributed by atoms with Gasteiger partial charge in [-0.05, 0) is 0 Å². The number of methoxy groups -OCH3 is 1. The highest BCUT2D eigenvalue weighted by Crippen LogP contribution is 2.24. The zero-order valence-corrected chi connectivity index (χ0v) is 9.66. The molecule has 2 aromatic heterocycles.